The van der Waals surface area contributed by atoms with E-state index in [4.69, 9.17) is 23.2 Å². The zero-order chi connectivity index (χ0) is 13.1. The largest absolute Gasteiger partial charge is 0.322 e. The first kappa shape index (κ1) is 12.9. The van der Waals surface area contributed by atoms with Crippen molar-refractivity contribution in [2.24, 2.45) is 0 Å². The number of hydrogen-bond acceptors (Lipinski definition) is 1. The standard InChI is InChI=1S/C13H8Cl2FNO/c14-8-3-1-4-9(7-8)17-13(18)12-10(15)5-2-6-11(12)16/h1-7H,(H,17,18). The Kier molecular flexibility index (Phi) is 3.84. The molecule has 0 fully saturated rings. The smallest absolute Gasteiger partial charge is 0.260 e. The minimum absolute atomic E-state index is 0.0644. The molecule has 0 aliphatic heterocycles. The lowest BCUT2D eigenvalue weighted by Gasteiger charge is -2.07. The Bertz CT molecular complexity index is 581. The van der Waals surface area contributed by atoms with Crippen molar-refractivity contribution in [2.75, 3.05) is 5.32 Å². The normalized spacial score (nSPS) is 10.2. The molecule has 0 bridgehead atoms. The second-order valence-corrected chi connectivity index (χ2v) is 4.40. The Hall–Kier alpha value is -1.58. The van der Waals surface area contributed by atoms with Gasteiger partial charge in [0.25, 0.3) is 5.91 Å². The van der Waals surface area contributed by atoms with Crippen LogP contribution in [0.15, 0.2) is 42.5 Å². The van der Waals surface area contributed by atoms with Crippen molar-refractivity contribution >= 4 is 34.8 Å². The van der Waals surface area contributed by atoms with Crippen LogP contribution >= 0.6 is 23.2 Å². The molecule has 0 aromatic heterocycles. The molecule has 5 heteroatoms. The maximum Gasteiger partial charge on any atom is 0.260 e. The van der Waals surface area contributed by atoms with Crippen LogP contribution in [0.3, 0.4) is 0 Å². The summed E-state index contributed by atoms with van der Waals surface area (Å²) in [6.45, 7) is 0. The van der Waals surface area contributed by atoms with Gasteiger partial charge in [0.2, 0.25) is 0 Å². The van der Waals surface area contributed by atoms with Gasteiger partial charge in [0.15, 0.2) is 0 Å². The van der Waals surface area contributed by atoms with Crippen molar-refractivity contribution < 1.29 is 9.18 Å². The Balaban J connectivity index is 2.28. The molecule has 2 aromatic rings. The van der Waals surface area contributed by atoms with E-state index in [0.29, 0.717) is 10.7 Å². The molecule has 2 aromatic carbocycles. The van der Waals surface area contributed by atoms with Gasteiger partial charge in [-0.05, 0) is 30.3 Å². The number of hydrogen-bond donors (Lipinski definition) is 1. The molecular weight excluding hydrogens is 276 g/mol. The predicted molar refractivity (Wildman–Crippen MR) is 70.8 cm³/mol. The quantitative estimate of drug-likeness (QED) is 0.870. The fourth-order valence-electron chi connectivity index (χ4n) is 1.47. The summed E-state index contributed by atoms with van der Waals surface area (Å²) in [6.07, 6.45) is 0. The molecule has 1 N–H and O–H groups in total. The number of amides is 1. The SMILES string of the molecule is O=C(Nc1cccc(Cl)c1)c1c(F)cccc1Cl. The Labute approximate surface area is 113 Å². The summed E-state index contributed by atoms with van der Waals surface area (Å²) < 4.78 is 13.5. The van der Waals surface area contributed by atoms with Crippen molar-refractivity contribution in [1.29, 1.82) is 0 Å². The van der Waals surface area contributed by atoms with Gasteiger partial charge < -0.3 is 5.32 Å². The highest BCUT2D eigenvalue weighted by Crippen LogP contribution is 2.21. The van der Waals surface area contributed by atoms with Gasteiger partial charge in [0, 0.05) is 10.7 Å². The summed E-state index contributed by atoms with van der Waals surface area (Å²) in [5.74, 6) is -1.28. The van der Waals surface area contributed by atoms with Crippen LogP contribution in [0.1, 0.15) is 10.4 Å². The van der Waals surface area contributed by atoms with Gasteiger partial charge in [-0.1, -0.05) is 35.3 Å². The Morgan fingerprint density at radius 1 is 1.11 bits per heavy atom. The molecule has 2 rings (SSSR count). The Morgan fingerprint density at radius 3 is 2.50 bits per heavy atom. The van der Waals surface area contributed by atoms with Crippen LogP contribution in [0, 0.1) is 5.82 Å². The van der Waals surface area contributed by atoms with E-state index < -0.39 is 11.7 Å². The lowest BCUT2D eigenvalue weighted by Crippen LogP contribution is -2.14. The van der Waals surface area contributed by atoms with Crippen molar-refractivity contribution in [2.45, 2.75) is 0 Å². The van der Waals surface area contributed by atoms with Crippen molar-refractivity contribution in [3.63, 3.8) is 0 Å². The topological polar surface area (TPSA) is 29.1 Å². The number of carbonyl (C=O) groups excluding carboxylic acids is 1. The first-order valence-corrected chi connectivity index (χ1v) is 5.84. The summed E-state index contributed by atoms with van der Waals surface area (Å²) in [7, 11) is 0. The lowest BCUT2D eigenvalue weighted by atomic mass is 10.2. The third-order valence-electron chi connectivity index (χ3n) is 2.27. The van der Waals surface area contributed by atoms with E-state index in [9.17, 15) is 9.18 Å². The molecule has 0 spiro atoms. The third kappa shape index (κ3) is 2.81. The molecule has 0 aliphatic rings. The maximum absolute atomic E-state index is 13.5. The zero-order valence-corrected chi connectivity index (χ0v) is 10.6. The van der Waals surface area contributed by atoms with Crippen LogP contribution in [0.25, 0.3) is 0 Å². The molecule has 0 unspecified atom stereocenters. The molecule has 0 radical (unpaired) electrons. The average Bonchev–Trinajstić information content (AvgIpc) is 2.28. The monoisotopic (exact) mass is 283 g/mol. The number of nitrogens with one attached hydrogen (secondary N) is 1. The molecule has 0 atom stereocenters. The second kappa shape index (κ2) is 5.38. The average molecular weight is 284 g/mol. The number of carbonyl (C=O) groups is 1. The first-order chi connectivity index (χ1) is 8.58. The van der Waals surface area contributed by atoms with Crippen molar-refractivity contribution in [3.05, 3.63) is 63.9 Å². The maximum atomic E-state index is 13.5. The van der Waals surface area contributed by atoms with Gasteiger partial charge in [-0.2, -0.15) is 0 Å². The van der Waals surface area contributed by atoms with E-state index in [1.54, 1.807) is 24.3 Å². The summed E-state index contributed by atoms with van der Waals surface area (Å²) in [6, 6.07) is 10.6. The molecule has 92 valence electrons. The minimum atomic E-state index is -0.665. The summed E-state index contributed by atoms with van der Waals surface area (Å²) in [5, 5.41) is 3.08. The minimum Gasteiger partial charge on any atom is -0.322 e. The fraction of sp³-hybridized carbons (Fsp3) is 0. The van der Waals surface area contributed by atoms with Gasteiger partial charge in [-0.15, -0.1) is 0 Å². The van der Waals surface area contributed by atoms with E-state index in [1.165, 1.54) is 18.2 Å². The molecule has 0 aliphatic carbocycles. The highest BCUT2D eigenvalue weighted by atomic mass is 35.5. The van der Waals surface area contributed by atoms with Gasteiger partial charge in [-0.25, -0.2) is 4.39 Å². The van der Waals surface area contributed by atoms with Crippen LogP contribution in [-0.4, -0.2) is 5.91 Å². The zero-order valence-electron chi connectivity index (χ0n) is 9.08. The van der Waals surface area contributed by atoms with Gasteiger partial charge in [-0.3, -0.25) is 4.79 Å². The molecule has 0 saturated carbocycles. The van der Waals surface area contributed by atoms with Crippen LogP contribution in [0.2, 0.25) is 10.0 Å². The summed E-state index contributed by atoms with van der Waals surface area (Å²) in [4.78, 5) is 11.9. The lowest BCUT2D eigenvalue weighted by molar-refractivity contribution is 0.102. The van der Waals surface area contributed by atoms with E-state index in [-0.39, 0.29) is 10.6 Å². The van der Waals surface area contributed by atoms with E-state index in [1.807, 2.05) is 0 Å². The third-order valence-corrected chi connectivity index (χ3v) is 2.82. The number of anilines is 1. The number of halogens is 3. The number of rotatable bonds is 2. The summed E-state index contributed by atoms with van der Waals surface area (Å²) >= 11 is 11.6. The van der Waals surface area contributed by atoms with Crippen molar-refractivity contribution in [1.82, 2.24) is 0 Å². The second-order valence-electron chi connectivity index (χ2n) is 3.56. The first-order valence-electron chi connectivity index (χ1n) is 5.09. The molecule has 0 heterocycles. The van der Waals surface area contributed by atoms with Crippen LogP contribution in [-0.2, 0) is 0 Å². The van der Waals surface area contributed by atoms with Crippen LogP contribution in [0.5, 0.6) is 0 Å². The highest BCUT2D eigenvalue weighted by Gasteiger charge is 2.15. The van der Waals surface area contributed by atoms with Gasteiger partial charge in [0.05, 0.1) is 10.6 Å². The van der Waals surface area contributed by atoms with Crippen LogP contribution in [0.4, 0.5) is 10.1 Å². The van der Waals surface area contributed by atoms with E-state index in [0.717, 1.165) is 0 Å². The van der Waals surface area contributed by atoms with E-state index >= 15 is 0 Å². The molecule has 0 saturated heterocycles. The summed E-state index contributed by atoms with van der Waals surface area (Å²) in [5.41, 5.74) is 0.297. The molecule has 18 heavy (non-hydrogen) atoms. The molecular formula is C13H8Cl2FNO. The highest BCUT2D eigenvalue weighted by molar-refractivity contribution is 6.34. The van der Waals surface area contributed by atoms with Gasteiger partial charge in [0.1, 0.15) is 5.82 Å². The Morgan fingerprint density at radius 2 is 1.83 bits per heavy atom. The van der Waals surface area contributed by atoms with Crippen LogP contribution < -0.4 is 5.32 Å². The van der Waals surface area contributed by atoms with E-state index in [2.05, 4.69) is 5.32 Å². The van der Waals surface area contributed by atoms with Gasteiger partial charge >= 0.3 is 0 Å². The fourth-order valence-corrected chi connectivity index (χ4v) is 1.91. The molecule has 1 amide bonds. The van der Waals surface area contributed by atoms with Crippen molar-refractivity contribution in [3.8, 4) is 0 Å². The molecule has 2 nitrogen and oxygen atoms in total. The number of benzene rings is 2. The predicted octanol–water partition coefficient (Wildman–Crippen LogP) is 4.38.